The highest BCUT2D eigenvalue weighted by Gasteiger charge is 2.33. The van der Waals surface area contributed by atoms with Crippen molar-refractivity contribution in [2.45, 2.75) is 26.2 Å². The maximum atomic E-state index is 12.2. The average molecular weight is 304 g/mol. The maximum absolute atomic E-state index is 12.2. The van der Waals surface area contributed by atoms with Crippen LogP contribution in [-0.2, 0) is 20.8 Å². The molecule has 0 aromatic heterocycles. The predicted octanol–water partition coefficient (Wildman–Crippen LogP) is 1.51. The highest BCUT2D eigenvalue weighted by atomic mass is 16.4. The van der Waals surface area contributed by atoms with Gasteiger partial charge in [-0.05, 0) is 31.0 Å². The van der Waals surface area contributed by atoms with Gasteiger partial charge in [0.15, 0.2) is 0 Å². The predicted molar refractivity (Wildman–Crippen MR) is 81.4 cm³/mol. The minimum Gasteiger partial charge on any atom is -0.481 e. The molecular weight excluding hydrogens is 284 g/mol. The molecule has 0 radical (unpaired) electrons. The number of amides is 2. The second kappa shape index (κ2) is 7.06. The van der Waals surface area contributed by atoms with Gasteiger partial charge in [0, 0.05) is 31.6 Å². The first kappa shape index (κ1) is 16.0. The first-order valence-corrected chi connectivity index (χ1v) is 7.39. The van der Waals surface area contributed by atoms with Crippen LogP contribution in [0.3, 0.4) is 0 Å². The summed E-state index contributed by atoms with van der Waals surface area (Å²) in [7, 11) is 0. The van der Waals surface area contributed by atoms with Crippen LogP contribution in [0.4, 0.5) is 5.69 Å². The number of nitrogens with one attached hydrogen (secondary N) is 1. The van der Waals surface area contributed by atoms with Gasteiger partial charge < -0.3 is 15.3 Å². The number of aliphatic carboxylic acids is 1. The number of carbonyl (C=O) groups excluding carboxylic acids is 2. The Hall–Kier alpha value is -2.37. The Morgan fingerprint density at radius 2 is 2.18 bits per heavy atom. The fraction of sp³-hybridized carbons (Fsp3) is 0.438. The van der Waals surface area contributed by atoms with Gasteiger partial charge in [0.05, 0.1) is 5.92 Å². The quantitative estimate of drug-likeness (QED) is 0.834. The van der Waals surface area contributed by atoms with Crippen LogP contribution in [0.25, 0.3) is 0 Å². The topological polar surface area (TPSA) is 86.7 Å². The molecule has 0 aliphatic carbocycles. The smallest absolute Gasteiger partial charge is 0.303 e. The van der Waals surface area contributed by atoms with Crippen LogP contribution in [0.1, 0.15) is 25.3 Å². The zero-order chi connectivity index (χ0) is 16.1. The molecule has 1 aromatic rings. The Bertz CT molecular complexity index is 585. The minimum absolute atomic E-state index is 0.0119. The molecule has 2 N–H and O–H groups in total. The Morgan fingerprint density at radius 1 is 1.41 bits per heavy atom. The largest absolute Gasteiger partial charge is 0.481 e. The van der Waals surface area contributed by atoms with Crippen molar-refractivity contribution in [3.8, 4) is 0 Å². The third-order valence-electron chi connectivity index (χ3n) is 3.79. The van der Waals surface area contributed by atoms with Crippen LogP contribution in [-0.4, -0.2) is 40.9 Å². The van der Waals surface area contributed by atoms with Crippen molar-refractivity contribution in [3.05, 3.63) is 29.8 Å². The Kier molecular flexibility index (Phi) is 5.14. The molecule has 2 rings (SSSR count). The van der Waals surface area contributed by atoms with E-state index in [1.807, 2.05) is 13.0 Å². The monoisotopic (exact) mass is 304 g/mol. The lowest BCUT2D eigenvalue weighted by atomic mass is 10.1. The molecule has 1 fully saturated rings. The van der Waals surface area contributed by atoms with Crippen molar-refractivity contribution in [1.29, 1.82) is 0 Å². The molecule has 1 heterocycles. The van der Waals surface area contributed by atoms with Crippen molar-refractivity contribution in [3.63, 3.8) is 0 Å². The van der Waals surface area contributed by atoms with Crippen LogP contribution in [0.15, 0.2) is 24.3 Å². The van der Waals surface area contributed by atoms with E-state index >= 15 is 0 Å². The summed E-state index contributed by atoms with van der Waals surface area (Å²) in [5.74, 6) is -1.33. The van der Waals surface area contributed by atoms with Crippen molar-refractivity contribution in [1.82, 2.24) is 4.90 Å². The average Bonchev–Trinajstić information content (AvgIpc) is 2.87. The summed E-state index contributed by atoms with van der Waals surface area (Å²) in [5, 5.41) is 11.5. The van der Waals surface area contributed by atoms with E-state index in [1.165, 1.54) is 0 Å². The molecule has 2 amide bonds. The first-order chi connectivity index (χ1) is 10.5. The fourth-order valence-corrected chi connectivity index (χ4v) is 2.55. The van der Waals surface area contributed by atoms with Crippen LogP contribution in [0.5, 0.6) is 0 Å². The van der Waals surface area contributed by atoms with Gasteiger partial charge in [0.25, 0.3) is 0 Å². The van der Waals surface area contributed by atoms with E-state index in [-0.39, 0.29) is 30.6 Å². The number of likely N-dealkylation sites (tertiary alicyclic amines) is 1. The van der Waals surface area contributed by atoms with E-state index in [9.17, 15) is 14.4 Å². The molecular formula is C16H20N2O4. The van der Waals surface area contributed by atoms with Gasteiger partial charge in [-0.2, -0.15) is 0 Å². The van der Waals surface area contributed by atoms with Crippen molar-refractivity contribution >= 4 is 23.5 Å². The molecule has 0 spiro atoms. The Balaban J connectivity index is 1.96. The zero-order valence-corrected chi connectivity index (χ0v) is 12.5. The number of hydrogen-bond acceptors (Lipinski definition) is 3. The standard InChI is InChI=1S/C16H20N2O4/c1-2-18-10-12(9-14(18)19)16(22)17-13-5-3-4-11(8-13)6-7-15(20)21/h3-5,8,12H,2,6-7,9-10H2,1H3,(H,17,22)(H,20,21). The molecule has 0 saturated carbocycles. The molecule has 0 bridgehead atoms. The van der Waals surface area contributed by atoms with E-state index in [0.717, 1.165) is 5.56 Å². The number of aryl methyl sites for hydroxylation is 1. The van der Waals surface area contributed by atoms with Crippen LogP contribution >= 0.6 is 0 Å². The summed E-state index contributed by atoms with van der Waals surface area (Å²) in [6.45, 7) is 2.97. The van der Waals surface area contributed by atoms with E-state index < -0.39 is 5.97 Å². The van der Waals surface area contributed by atoms with E-state index in [0.29, 0.717) is 25.2 Å². The van der Waals surface area contributed by atoms with Gasteiger partial charge in [0.2, 0.25) is 11.8 Å². The van der Waals surface area contributed by atoms with E-state index in [1.54, 1.807) is 23.1 Å². The summed E-state index contributed by atoms with van der Waals surface area (Å²) in [6, 6.07) is 7.15. The fourth-order valence-electron chi connectivity index (χ4n) is 2.55. The Labute approximate surface area is 129 Å². The van der Waals surface area contributed by atoms with Gasteiger partial charge in [-0.15, -0.1) is 0 Å². The van der Waals surface area contributed by atoms with Gasteiger partial charge in [0.1, 0.15) is 0 Å². The number of rotatable bonds is 6. The lowest BCUT2D eigenvalue weighted by molar-refractivity contribution is -0.137. The maximum Gasteiger partial charge on any atom is 0.303 e. The molecule has 6 heteroatoms. The third kappa shape index (κ3) is 4.07. The van der Waals surface area contributed by atoms with E-state index in [4.69, 9.17) is 5.11 Å². The van der Waals surface area contributed by atoms with Gasteiger partial charge in [-0.3, -0.25) is 14.4 Å². The number of carboxylic acids is 1. The zero-order valence-electron chi connectivity index (χ0n) is 12.5. The second-order valence-electron chi connectivity index (χ2n) is 5.42. The van der Waals surface area contributed by atoms with Gasteiger partial charge in [-0.25, -0.2) is 0 Å². The summed E-state index contributed by atoms with van der Waals surface area (Å²) < 4.78 is 0. The molecule has 1 saturated heterocycles. The van der Waals surface area contributed by atoms with Crippen molar-refractivity contribution < 1.29 is 19.5 Å². The Morgan fingerprint density at radius 3 is 2.82 bits per heavy atom. The molecule has 1 aliphatic rings. The van der Waals surface area contributed by atoms with Crippen molar-refractivity contribution in [2.75, 3.05) is 18.4 Å². The number of benzene rings is 1. The summed E-state index contributed by atoms with van der Waals surface area (Å²) in [4.78, 5) is 36.1. The molecule has 1 aliphatic heterocycles. The highest BCUT2D eigenvalue weighted by Crippen LogP contribution is 2.20. The molecule has 6 nitrogen and oxygen atoms in total. The SMILES string of the molecule is CCN1CC(C(=O)Nc2cccc(CCC(=O)O)c2)CC1=O. The highest BCUT2D eigenvalue weighted by molar-refractivity contribution is 5.97. The molecule has 22 heavy (non-hydrogen) atoms. The molecule has 118 valence electrons. The van der Waals surface area contributed by atoms with Gasteiger partial charge >= 0.3 is 5.97 Å². The molecule has 1 atom stereocenters. The summed E-state index contributed by atoms with van der Waals surface area (Å²) >= 11 is 0. The summed E-state index contributed by atoms with van der Waals surface area (Å²) in [5.41, 5.74) is 1.49. The van der Waals surface area contributed by atoms with Crippen molar-refractivity contribution in [2.24, 2.45) is 5.92 Å². The lowest BCUT2D eigenvalue weighted by Gasteiger charge is -2.14. The normalized spacial score (nSPS) is 17.6. The number of anilines is 1. The van der Waals surface area contributed by atoms with E-state index in [2.05, 4.69) is 5.32 Å². The number of carboxylic acid groups (broad SMARTS) is 1. The third-order valence-corrected chi connectivity index (χ3v) is 3.79. The number of hydrogen-bond donors (Lipinski definition) is 2. The number of nitrogens with zero attached hydrogens (tertiary/aromatic N) is 1. The molecule has 1 aromatic carbocycles. The summed E-state index contributed by atoms with van der Waals surface area (Å²) in [6.07, 6.45) is 0.725. The number of carbonyl (C=O) groups is 3. The van der Waals surface area contributed by atoms with Crippen LogP contribution in [0, 0.1) is 5.92 Å². The van der Waals surface area contributed by atoms with Crippen LogP contribution in [0.2, 0.25) is 0 Å². The second-order valence-corrected chi connectivity index (χ2v) is 5.42. The first-order valence-electron chi connectivity index (χ1n) is 7.39. The molecule has 1 unspecified atom stereocenters. The van der Waals surface area contributed by atoms with Gasteiger partial charge in [-0.1, -0.05) is 12.1 Å². The lowest BCUT2D eigenvalue weighted by Crippen LogP contribution is -2.28. The minimum atomic E-state index is -0.849. The van der Waals surface area contributed by atoms with Crippen LogP contribution < -0.4 is 5.32 Å².